The third-order valence-electron chi connectivity index (χ3n) is 4.60. The van der Waals surface area contributed by atoms with E-state index in [1.165, 1.54) is 18.4 Å². The number of nitrogens with one attached hydrogen (secondary N) is 1. The van der Waals surface area contributed by atoms with Gasteiger partial charge in [-0.15, -0.1) is 0 Å². The first-order chi connectivity index (χ1) is 14.4. The molecule has 7 heteroatoms. The second kappa shape index (κ2) is 8.12. The first-order valence-corrected chi connectivity index (χ1v) is 11.1. The molecule has 0 atom stereocenters. The second-order valence-electron chi connectivity index (χ2n) is 6.88. The zero-order chi connectivity index (χ0) is 21.1. The lowest BCUT2D eigenvalue weighted by Crippen LogP contribution is -1.99. The molecule has 0 saturated carbocycles. The minimum Gasteiger partial charge on any atom is -0.489 e. The largest absolute Gasteiger partial charge is 0.489 e. The zero-order valence-electron chi connectivity index (χ0n) is 16.2. The van der Waals surface area contributed by atoms with Crippen LogP contribution in [0.25, 0.3) is 10.8 Å². The van der Waals surface area contributed by atoms with E-state index in [0.29, 0.717) is 18.2 Å². The number of aromatic nitrogens is 1. The van der Waals surface area contributed by atoms with Crippen LogP contribution in [0.15, 0.2) is 83.9 Å². The highest BCUT2D eigenvalue weighted by Crippen LogP contribution is 2.28. The van der Waals surface area contributed by atoms with Gasteiger partial charge in [-0.05, 0) is 71.6 Å². The molecule has 152 valence electrons. The topological polar surface area (TPSA) is 68.3 Å². The SMILES string of the molecule is CS(=O)(=O)c1ccc(Nc2nccc3cc(OCc4ccc(F)cc4)ccc23)cc1. The van der Waals surface area contributed by atoms with E-state index in [9.17, 15) is 12.8 Å². The van der Waals surface area contributed by atoms with Gasteiger partial charge >= 0.3 is 0 Å². The van der Waals surface area contributed by atoms with Gasteiger partial charge in [-0.1, -0.05) is 12.1 Å². The Balaban J connectivity index is 1.53. The Hall–Kier alpha value is -3.45. The number of hydrogen-bond acceptors (Lipinski definition) is 5. The molecule has 3 aromatic carbocycles. The lowest BCUT2D eigenvalue weighted by molar-refractivity contribution is 0.306. The average molecular weight is 422 g/mol. The Bertz CT molecular complexity index is 1290. The summed E-state index contributed by atoms with van der Waals surface area (Å²) >= 11 is 0. The van der Waals surface area contributed by atoms with Crippen LogP contribution in [0.2, 0.25) is 0 Å². The Labute approximate surface area is 174 Å². The number of benzene rings is 3. The highest BCUT2D eigenvalue weighted by atomic mass is 32.2. The Morgan fingerprint density at radius 1 is 0.967 bits per heavy atom. The molecular weight excluding hydrogens is 403 g/mol. The number of nitrogens with zero attached hydrogens (tertiary/aromatic N) is 1. The number of halogens is 1. The van der Waals surface area contributed by atoms with Crippen molar-refractivity contribution in [2.75, 3.05) is 11.6 Å². The normalized spacial score (nSPS) is 11.4. The van der Waals surface area contributed by atoms with Crippen LogP contribution in [0.5, 0.6) is 5.75 Å². The molecule has 0 bridgehead atoms. The molecule has 0 spiro atoms. The molecule has 0 fully saturated rings. The number of anilines is 2. The fourth-order valence-electron chi connectivity index (χ4n) is 3.01. The molecule has 0 aliphatic heterocycles. The Morgan fingerprint density at radius 2 is 1.70 bits per heavy atom. The highest BCUT2D eigenvalue weighted by Gasteiger charge is 2.08. The van der Waals surface area contributed by atoms with Gasteiger partial charge in [-0.25, -0.2) is 17.8 Å². The molecule has 4 aromatic rings. The number of sulfone groups is 1. The van der Waals surface area contributed by atoms with E-state index in [-0.39, 0.29) is 10.7 Å². The first kappa shape index (κ1) is 19.8. The van der Waals surface area contributed by atoms with Crippen molar-refractivity contribution in [3.05, 3.63) is 90.4 Å². The van der Waals surface area contributed by atoms with Gasteiger partial charge in [0.25, 0.3) is 0 Å². The number of hydrogen-bond donors (Lipinski definition) is 1. The number of fused-ring (bicyclic) bond motifs is 1. The molecule has 0 saturated heterocycles. The van der Waals surface area contributed by atoms with Crippen LogP contribution in [0.4, 0.5) is 15.9 Å². The lowest BCUT2D eigenvalue weighted by Gasteiger charge is -2.11. The lowest BCUT2D eigenvalue weighted by atomic mass is 10.1. The second-order valence-corrected chi connectivity index (χ2v) is 8.89. The van der Waals surface area contributed by atoms with Crippen molar-refractivity contribution >= 4 is 32.1 Å². The summed E-state index contributed by atoms with van der Waals surface area (Å²) in [6.45, 7) is 0.342. The van der Waals surface area contributed by atoms with Crippen LogP contribution < -0.4 is 10.1 Å². The molecule has 1 N–H and O–H groups in total. The van der Waals surface area contributed by atoms with Gasteiger partial charge in [0.05, 0.1) is 4.90 Å². The van der Waals surface area contributed by atoms with E-state index in [1.54, 1.807) is 42.6 Å². The van der Waals surface area contributed by atoms with Crippen molar-refractivity contribution in [1.29, 1.82) is 0 Å². The summed E-state index contributed by atoms with van der Waals surface area (Å²) in [5, 5.41) is 5.07. The maximum absolute atomic E-state index is 13.0. The van der Waals surface area contributed by atoms with Crippen LogP contribution in [0, 0.1) is 5.82 Å². The summed E-state index contributed by atoms with van der Waals surface area (Å²) in [5.41, 5.74) is 1.62. The predicted molar refractivity (Wildman–Crippen MR) is 115 cm³/mol. The number of pyridine rings is 1. The van der Waals surface area contributed by atoms with Gasteiger partial charge in [0.2, 0.25) is 0 Å². The van der Waals surface area contributed by atoms with E-state index in [4.69, 9.17) is 4.74 Å². The Kier molecular flexibility index (Phi) is 5.37. The molecule has 0 unspecified atom stereocenters. The van der Waals surface area contributed by atoms with Crippen LogP contribution in [-0.4, -0.2) is 19.7 Å². The van der Waals surface area contributed by atoms with E-state index in [1.807, 2.05) is 24.3 Å². The first-order valence-electron chi connectivity index (χ1n) is 9.22. The van der Waals surface area contributed by atoms with Gasteiger partial charge in [0.15, 0.2) is 9.84 Å². The van der Waals surface area contributed by atoms with Gasteiger partial charge in [0.1, 0.15) is 24.0 Å². The average Bonchev–Trinajstić information content (AvgIpc) is 2.73. The monoisotopic (exact) mass is 422 g/mol. The molecule has 0 aliphatic carbocycles. The van der Waals surface area contributed by atoms with Crippen LogP contribution >= 0.6 is 0 Å². The quantitative estimate of drug-likeness (QED) is 0.468. The molecule has 0 radical (unpaired) electrons. The standard InChI is InChI=1S/C23H19FN2O3S/c1-30(27,28)21-9-6-19(7-10-21)26-23-22-11-8-20(14-17(22)12-13-25-23)29-15-16-2-4-18(24)5-3-16/h2-14H,15H2,1H3,(H,25,26). The smallest absolute Gasteiger partial charge is 0.175 e. The van der Waals surface area contributed by atoms with Crippen molar-refractivity contribution in [1.82, 2.24) is 4.98 Å². The van der Waals surface area contributed by atoms with E-state index in [0.717, 1.165) is 22.0 Å². The summed E-state index contributed by atoms with van der Waals surface area (Å²) < 4.78 is 42.0. The summed E-state index contributed by atoms with van der Waals surface area (Å²) in [7, 11) is -3.24. The number of ether oxygens (including phenoxy) is 1. The van der Waals surface area contributed by atoms with Crippen LogP contribution in [0.1, 0.15) is 5.56 Å². The highest BCUT2D eigenvalue weighted by molar-refractivity contribution is 7.90. The van der Waals surface area contributed by atoms with Crippen LogP contribution in [-0.2, 0) is 16.4 Å². The summed E-state index contributed by atoms with van der Waals surface area (Å²) in [6.07, 6.45) is 2.87. The number of rotatable bonds is 6. The predicted octanol–water partition coefficient (Wildman–Crippen LogP) is 5.10. The molecule has 30 heavy (non-hydrogen) atoms. The van der Waals surface area contributed by atoms with Crippen LogP contribution in [0.3, 0.4) is 0 Å². The fourth-order valence-corrected chi connectivity index (χ4v) is 3.65. The third kappa shape index (κ3) is 4.58. The molecule has 0 aliphatic rings. The Morgan fingerprint density at radius 3 is 2.40 bits per heavy atom. The molecular formula is C23H19FN2O3S. The van der Waals surface area contributed by atoms with Gasteiger partial charge in [-0.2, -0.15) is 0 Å². The van der Waals surface area contributed by atoms with E-state index in [2.05, 4.69) is 10.3 Å². The van der Waals surface area contributed by atoms with Crippen molar-refractivity contribution in [3.8, 4) is 5.75 Å². The molecule has 4 rings (SSSR count). The van der Waals surface area contributed by atoms with E-state index < -0.39 is 9.84 Å². The third-order valence-corrected chi connectivity index (χ3v) is 5.73. The van der Waals surface area contributed by atoms with Gasteiger partial charge in [0, 0.05) is 23.5 Å². The molecule has 0 amide bonds. The van der Waals surface area contributed by atoms with Crippen molar-refractivity contribution in [3.63, 3.8) is 0 Å². The van der Waals surface area contributed by atoms with Crippen molar-refractivity contribution in [2.45, 2.75) is 11.5 Å². The maximum Gasteiger partial charge on any atom is 0.175 e. The molecule has 1 aromatic heterocycles. The minimum absolute atomic E-state index is 0.266. The summed E-state index contributed by atoms with van der Waals surface area (Å²) in [5.74, 6) is 1.08. The van der Waals surface area contributed by atoms with Gasteiger partial charge < -0.3 is 10.1 Å². The molecule has 1 heterocycles. The zero-order valence-corrected chi connectivity index (χ0v) is 17.0. The summed E-state index contributed by atoms with van der Waals surface area (Å²) in [4.78, 5) is 4.66. The fraction of sp³-hybridized carbons (Fsp3) is 0.0870. The summed E-state index contributed by atoms with van der Waals surface area (Å²) in [6, 6.07) is 20.3. The van der Waals surface area contributed by atoms with Gasteiger partial charge in [-0.3, -0.25) is 0 Å². The van der Waals surface area contributed by atoms with Crippen molar-refractivity contribution in [2.24, 2.45) is 0 Å². The minimum atomic E-state index is -3.24. The van der Waals surface area contributed by atoms with E-state index >= 15 is 0 Å². The molecule has 5 nitrogen and oxygen atoms in total. The van der Waals surface area contributed by atoms with Crippen molar-refractivity contribution < 1.29 is 17.5 Å². The maximum atomic E-state index is 13.0.